The lowest BCUT2D eigenvalue weighted by molar-refractivity contribution is -0.132. The number of anilines is 1. The molecule has 1 amide bonds. The van der Waals surface area contributed by atoms with Gasteiger partial charge in [-0.15, -0.1) is 11.3 Å². The van der Waals surface area contributed by atoms with E-state index in [1.165, 1.54) is 18.4 Å². The number of carbonyl (C=O) groups is 2. The SMILES string of the molecule is COC(=O)c1scc(-c2ccc(Cl)cc2)c1N1CC(C)(C)C1=O. The van der Waals surface area contributed by atoms with Crippen LogP contribution in [0, 0.1) is 5.41 Å². The summed E-state index contributed by atoms with van der Waals surface area (Å²) in [5.74, 6) is -0.418. The van der Waals surface area contributed by atoms with Gasteiger partial charge in [-0.25, -0.2) is 4.79 Å². The monoisotopic (exact) mass is 349 g/mol. The molecule has 6 heteroatoms. The van der Waals surface area contributed by atoms with Crippen molar-refractivity contribution in [1.82, 2.24) is 0 Å². The van der Waals surface area contributed by atoms with Crippen LogP contribution in [-0.4, -0.2) is 25.5 Å². The Labute approximate surface area is 143 Å². The highest BCUT2D eigenvalue weighted by atomic mass is 35.5. The van der Waals surface area contributed by atoms with Gasteiger partial charge in [-0.2, -0.15) is 0 Å². The molecule has 2 heterocycles. The Morgan fingerprint density at radius 1 is 1.30 bits per heavy atom. The van der Waals surface area contributed by atoms with Crippen molar-refractivity contribution < 1.29 is 14.3 Å². The molecule has 120 valence electrons. The predicted octanol–water partition coefficient (Wildman–Crippen LogP) is 4.23. The smallest absolute Gasteiger partial charge is 0.350 e. The molecule has 0 unspecified atom stereocenters. The fraction of sp³-hybridized carbons (Fsp3) is 0.294. The summed E-state index contributed by atoms with van der Waals surface area (Å²) in [7, 11) is 1.34. The van der Waals surface area contributed by atoms with Gasteiger partial charge in [0, 0.05) is 22.5 Å². The Morgan fingerprint density at radius 3 is 2.48 bits per heavy atom. The second-order valence-corrected chi connectivity index (χ2v) is 7.42. The molecule has 0 spiro atoms. The molecule has 0 N–H and O–H groups in total. The van der Waals surface area contributed by atoms with Crippen LogP contribution in [0.1, 0.15) is 23.5 Å². The number of ether oxygens (including phenoxy) is 1. The van der Waals surface area contributed by atoms with Gasteiger partial charge in [-0.05, 0) is 31.5 Å². The van der Waals surface area contributed by atoms with Gasteiger partial charge in [0.05, 0.1) is 18.2 Å². The van der Waals surface area contributed by atoms with Crippen LogP contribution < -0.4 is 4.90 Å². The highest BCUT2D eigenvalue weighted by Crippen LogP contribution is 2.45. The molecule has 1 saturated heterocycles. The maximum absolute atomic E-state index is 12.4. The number of halogens is 1. The molecule has 0 radical (unpaired) electrons. The standard InChI is InChI=1S/C17H16ClNO3S/c1-17(2)9-19(16(17)21)13-12(8-23-14(13)15(20)22-3)10-4-6-11(18)7-5-10/h4-8H,9H2,1-3H3. The third-order valence-corrected chi connectivity index (χ3v) is 5.14. The van der Waals surface area contributed by atoms with Crippen molar-refractivity contribution in [2.75, 3.05) is 18.6 Å². The van der Waals surface area contributed by atoms with Gasteiger partial charge in [-0.1, -0.05) is 23.7 Å². The lowest BCUT2D eigenvalue weighted by Crippen LogP contribution is -2.59. The number of hydrogen-bond donors (Lipinski definition) is 0. The molecule has 0 saturated carbocycles. The van der Waals surface area contributed by atoms with Crippen LogP contribution in [0.4, 0.5) is 5.69 Å². The van der Waals surface area contributed by atoms with E-state index in [4.69, 9.17) is 16.3 Å². The van der Waals surface area contributed by atoms with Crippen molar-refractivity contribution in [2.45, 2.75) is 13.8 Å². The number of nitrogens with zero attached hydrogens (tertiary/aromatic N) is 1. The van der Waals surface area contributed by atoms with E-state index >= 15 is 0 Å². The minimum atomic E-state index is -0.428. The van der Waals surface area contributed by atoms with Crippen molar-refractivity contribution in [2.24, 2.45) is 5.41 Å². The largest absolute Gasteiger partial charge is 0.465 e. The third kappa shape index (κ3) is 2.64. The molecule has 0 aliphatic carbocycles. The highest BCUT2D eigenvalue weighted by molar-refractivity contribution is 7.13. The molecule has 1 aromatic heterocycles. The molecular weight excluding hydrogens is 334 g/mol. The van der Waals surface area contributed by atoms with E-state index in [2.05, 4.69) is 0 Å². The molecule has 1 fully saturated rings. The summed E-state index contributed by atoms with van der Waals surface area (Å²) < 4.78 is 4.86. The molecule has 1 aliphatic heterocycles. The Kier molecular flexibility index (Phi) is 3.94. The van der Waals surface area contributed by atoms with Crippen molar-refractivity contribution >= 4 is 40.5 Å². The van der Waals surface area contributed by atoms with Gasteiger partial charge in [0.15, 0.2) is 0 Å². The number of esters is 1. The first-order chi connectivity index (χ1) is 10.8. The summed E-state index contributed by atoms with van der Waals surface area (Å²) in [6.45, 7) is 4.38. The third-order valence-electron chi connectivity index (χ3n) is 3.94. The van der Waals surface area contributed by atoms with Crippen molar-refractivity contribution in [3.63, 3.8) is 0 Å². The maximum Gasteiger partial charge on any atom is 0.350 e. The summed E-state index contributed by atoms with van der Waals surface area (Å²) in [6.07, 6.45) is 0. The molecule has 0 bridgehead atoms. The molecular formula is C17H16ClNO3S. The summed E-state index contributed by atoms with van der Waals surface area (Å²) >= 11 is 7.23. The average Bonchev–Trinajstić information content (AvgIpc) is 2.96. The predicted molar refractivity (Wildman–Crippen MR) is 92.2 cm³/mol. The zero-order valence-electron chi connectivity index (χ0n) is 13.1. The Balaban J connectivity index is 2.11. The van der Waals surface area contributed by atoms with E-state index in [-0.39, 0.29) is 5.91 Å². The number of β-lactam (4-membered cyclic amide) rings is 1. The summed E-state index contributed by atoms with van der Waals surface area (Å²) in [6, 6.07) is 7.34. The van der Waals surface area contributed by atoms with Gasteiger partial charge in [0.25, 0.3) is 0 Å². The number of thiophene rings is 1. The first-order valence-corrected chi connectivity index (χ1v) is 8.38. The topological polar surface area (TPSA) is 46.6 Å². The molecule has 1 aromatic carbocycles. The van der Waals surface area contributed by atoms with E-state index < -0.39 is 11.4 Å². The number of amides is 1. The number of methoxy groups -OCH3 is 1. The molecule has 4 nitrogen and oxygen atoms in total. The van der Waals surface area contributed by atoms with Gasteiger partial charge < -0.3 is 9.64 Å². The Hall–Kier alpha value is -1.85. The zero-order chi connectivity index (χ0) is 16.8. The second kappa shape index (κ2) is 5.65. The maximum atomic E-state index is 12.4. The minimum Gasteiger partial charge on any atom is -0.465 e. The van der Waals surface area contributed by atoms with Crippen LogP contribution in [0.2, 0.25) is 5.02 Å². The van der Waals surface area contributed by atoms with Crippen LogP contribution in [-0.2, 0) is 9.53 Å². The van der Waals surface area contributed by atoms with Gasteiger partial charge in [0.2, 0.25) is 5.91 Å². The van der Waals surface area contributed by atoms with Crippen LogP contribution in [0.5, 0.6) is 0 Å². The zero-order valence-corrected chi connectivity index (χ0v) is 14.6. The summed E-state index contributed by atoms with van der Waals surface area (Å²) in [4.78, 5) is 26.6. The quantitative estimate of drug-likeness (QED) is 0.615. The van der Waals surface area contributed by atoms with Gasteiger partial charge in [0.1, 0.15) is 4.88 Å². The van der Waals surface area contributed by atoms with Gasteiger partial charge >= 0.3 is 5.97 Å². The van der Waals surface area contributed by atoms with Crippen molar-refractivity contribution in [3.8, 4) is 11.1 Å². The van der Waals surface area contributed by atoms with E-state index in [1.54, 1.807) is 17.0 Å². The normalized spacial score (nSPS) is 16.2. The van der Waals surface area contributed by atoms with E-state index in [9.17, 15) is 9.59 Å². The Morgan fingerprint density at radius 2 is 1.96 bits per heavy atom. The van der Waals surface area contributed by atoms with Crippen molar-refractivity contribution in [3.05, 3.63) is 39.5 Å². The first kappa shape index (κ1) is 16.0. The fourth-order valence-corrected chi connectivity index (χ4v) is 3.80. The molecule has 3 rings (SSSR count). The van der Waals surface area contributed by atoms with E-state index in [1.807, 2.05) is 31.4 Å². The van der Waals surface area contributed by atoms with Crippen LogP contribution in [0.25, 0.3) is 11.1 Å². The number of carbonyl (C=O) groups excluding carboxylic acids is 2. The number of benzene rings is 1. The Bertz CT molecular complexity index is 780. The summed E-state index contributed by atoms with van der Waals surface area (Å²) in [5, 5.41) is 2.52. The molecule has 2 aromatic rings. The highest BCUT2D eigenvalue weighted by Gasteiger charge is 2.47. The van der Waals surface area contributed by atoms with E-state index in [0.29, 0.717) is 22.1 Å². The number of rotatable bonds is 3. The number of hydrogen-bond acceptors (Lipinski definition) is 4. The molecule has 1 aliphatic rings. The average molecular weight is 350 g/mol. The van der Waals surface area contributed by atoms with Crippen LogP contribution in [0.15, 0.2) is 29.6 Å². The van der Waals surface area contributed by atoms with Crippen molar-refractivity contribution in [1.29, 1.82) is 0 Å². The minimum absolute atomic E-state index is 0.0104. The van der Waals surface area contributed by atoms with Crippen LogP contribution in [0.3, 0.4) is 0 Å². The summed E-state index contributed by atoms with van der Waals surface area (Å²) in [5.41, 5.74) is 1.99. The second-order valence-electron chi connectivity index (χ2n) is 6.10. The molecule has 23 heavy (non-hydrogen) atoms. The first-order valence-electron chi connectivity index (χ1n) is 7.13. The molecule has 0 atom stereocenters. The van der Waals surface area contributed by atoms with E-state index in [0.717, 1.165) is 11.1 Å². The lowest BCUT2D eigenvalue weighted by atomic mass is 9.82. The fourth-order valence-electron chi connectivity index (χ4n) is 2.68. The van der Waals surface area contributed by atoms with Crippen LogP contribution >= 0.6 is 22.9 Å². The van der Waals surface area contributed by atoms with Gasteiger partial charge in [-0.3, -0.25) is 4.79 Å². The lowest BCUT2D eigenvalue weighted by Gasteiger charge is -2.44.